The van der Waals surface area contributed by atoms with Crippen molar-refractivity contribution in [3.05, 3.63) is 144 Å². The van der Waals surface area contributed by atoms with Crippen molar-refractivity contribution in [1.82, 2.24) is 0 Å². The summed E-state index contributed by atoms with van der Waals surface area (Å²) in [6.45, 7) is 1.20. The highest BCUT2D eigenvalue weighted by molar-refractivity contribution is 5.16. The zero-order valence-corrected chi connectivity index (χ0v) is 22.6. The number of hydrogen-bond acceptors (Lipinski definition) is 6. The van der Waals surface area contributed by atoms with Crippen molar-refractivity contribution in [1.29, 1.82) is 0 Å². The molecule has 0 spiro atoms. The lowest BCUT2D eigenvalue weighted by Gasteiger charge is -2.34. The van der Waals surface area contributed by atoms with Gasteiger partial charge in [-0.15, -0.1) is 0 Å². The van der Waals surface area contributed by atoms with E-state index in [-0.39, 0.29) is 26.4 Å². The number of aliphatic hydroxyl groups excluding tert-OH is 2. The van der Waals surface area contributed by atoms with E-state index in [4.69, 9.17) is 18.9 Å². The highest BCUT2D eigenvalue weighted by Gasteiger charge is 2.36. The Morgan fingerprint density at radius 3 is 0.975 bits per heavy atom. The van der Waals surface area contributed by atoms with E-state index in [0.29, 0.717) is 13.2 Å². The Kier molecular flexibility index (Phi) is 12.3. The van der Waals surface area contributed by atoms with Crippen LogP contribution in [0.5, 0.6) is 0 Å². The maximum absolute atomic E-state index is 11.3. The molecule has 0 amide bonds. The van der Waals surface area contributed by atoms with Crippen LogP contribution in [0.1, 0.15) is 22.3 Å². The number of rotatable bonds is 17. The van der Waals surface area contributed by atoms with Gasteiger partial charge >= 0.3 is 0 Å². The minimum atomic E-state index is -1.06. The van der Waals surface area contributed by atoms with Gasteiger partial charge in [-0.25, -0.2) is 0 Å². The van der Waals surface area contributed by atoms with E-state index in [1.54, 1.807) is 0 Å². The molecule has 0 saturated heterocycles. The average molecular weight is 543 g/mol. The third-order valence-electron chi connectivity index (χ3n) is 6.45. The van der Waals surface area contributed by atoms with Crippen LogP contribution in [0.25, 0.3) is 0 Å². The van der Waals surface area contributed by atoms with Crippen LogP contribution in [0.4, 0.5) is 0 Å². The van der Waals surface area contributed by atoms with Crippen molar-refractivity contribution in [3.8, 4) is 0 Å². The maximum atomic E-state index is 11.3. The second kappa shape index (κ2) is 16.7. The third-order valence-corrected chi connectivity index (χ3v) is 6.45. The Morgan fingerprint density at radius 1 is 0.400 bits per heavy atom. The first kappa shape index (κ1) is 29.6. The molecule has 4 rings (SSSR count). The van der Waals surface area contributed by atoms with Gasteiger partial charge in [-0.05, 0) is 22.3 Å². The monoisotopic (exact) mass is 542 g/mol. The van der Waals surface area contributed by atoms with Crippen molar-refractivity contribution < 1.29 is 29.2 Å². The van der Waals surface area contributed by atoms with Gasteiger partial charge in [-0.3, -0.25) is 0 Å². The van der Waals surface area contributed by atoms with E-state index in [1.807, 2.05) is 121 Å². The molecule has 0 unspecified atom stereocenters. The van der Waals surface area contributed by atoms with Crippen LogP contribution < -0.4 is 0 Å². The fourth-order valence-electron chi connectivity index (χ4n) is 4.32. The first-order valence-corrected chi connectivity index (χ1v) is 13.6. The molecule has 0 aromatic heterocycles. The van der Waals surface area contributed by atoms with E-state index >= 15 is 0 Å². The molecule has 0 aliphatic heterocycles. The number of benzene rings is 4. The third kappa shape index (κ3) is 9.99. The lowest BCUT2D eigenvalue weighted by molar-refractivity contribution is -0.184. The smallest absolute Gasteiger partial charge is 0.115 e. The van der Waals surface area contributed by atoms with E-state index in [0.717, 1.165) is 22.3 Å². The summed E-state index contributed by atoms with van der Waals surface area (Å²) in [4.78, 5) is 0. The fraction of sp³-hybridized carbons (Fsp3) is 0.294. The summed E-state index contributed by atoms with van der Waals surface area (Å²) in [6.07, 6.45) is -3.88. The quantitative estimate of drug-likeness (QED) is 0.188. The standard InChI is InChI=1S/C34H38O6/c35-31(25-37-21-27-13-5-1-6-14-27)33(39-23-29-17-9-3-10-18-29)34(40-24-30-19-11-4-12-20-30)32(36)26-38-22-28-15-7-2-8-16-28/h1-20,31-36H,21-26H2/t31-,32-,33+,34+/m0/s1. The van der Waals surface area contributed by atoms with Gasteiger partial charge in [0.05, 0.1) is 39.6 Å². The second-order valence-corrected chi connectivity index (χ2v) is 9.66. The number of ether oxygens (including phenoxy) is 4. The molecule has 6 heteroatoms. The summed E-state index contributed by atoms with van der Waals surface area (Å²) in [7, 11) is 0. The first-order chi connectivity index (χ1) is 19.7. The van der Waals surface area contributed by atoms with Crippen LogP contribution in [0.2, 0.25) is 0 Å². The molecule has 0 radical (unpaired) electrons. The predicted octanol–water partition coefficient (Wildman–Crippen LogP) is 5.31. The highest BCUT2D eigenvalue weighted by Crippen LogP contribution is 2.20. The van der Waals surface area contributed by atoms with Gasteiger partial charge in [0.25, 0.3) is 0 Å². The average Bonchev–Trinajstić information content (AvgIpc) is 3.00. The minimum absolute atomic E-state index is 0.0111. The van der Waals surface area contributed by atoms with Crippen molar-refractivity contribution in [2.24, 2.45) is 0 Å². The molecule has 0 bridgehead atoms. The molecular formula is C34H38O6. The molecule has 4 atom stereocenters. The summed E-state index contributed by atoms with van der Waals surface area (Å²) in [5, 5.41) is 22.6. The van der Waals surface area contributed by atoms with Crippen LogP contribution in [0.15, 0.2) is 121 Å². The number of aliphatic hydroxyl groups is 2. The lowest BCUT2D eigenvalue weighted by Crippen LogP contribution is -2.50. The van der Waals surface area contributed by atoms with Gasteiger partial charge in [0.15, 0.2) is 0 Å². The van der Waals surface area contributed by atoms with Crippen molar-refractivity contribution in [2.75, 3.05) is 13.2 Å². The van der Waals surface area contributed by atoms with Gasteiger partial charge in [0.1, 0.15) is 24.4 Å². The first-order valence-electron chi connectivity index (χ1n) is 13.6. The molecule has 40 heavy (non-hydrogen) atoms. The molecule has 0 aliphatic carbocycles. The molecule has 4 aromatic carbocycles. The zero-order valence-electron chi connectivity index (χ0n) is 22.6. The molecule has 0 heterocycles. The normalized spacial score (nSPS) is 14.3. The number of hydrogen-bond donors (Lipinski definition) is 2. The van der Waals surface area contributed by atoms with Crippen LogP contribution >= 0.6 is 0 Å². The topological polar surface area (TPSA) is 77.4 Å². The Balaban J connectivity index is 1.47. The lowest BCUT2D eigenvalue weighted by atomic mass is 10.0. The minimum Gasteiger partial charge on any atom is -0.388 e. The highest BCUT2D eigenvalue weighted by atomic mass is 16.6. The van der Waals surface area contributed by atoms with Crippen molar-refractivity contribution >= 4 is 0 Å². The molecular weight excluding hydrogens is 504 g/mol. The zero-order chi connectivity index (χ0) is 27.8. The van der Waals surface area contributed by atoms with E-state index in [2.05, 4.69) is 0 Å². The molecule has 210 valence electrons. The van der Waals surface area contributed by atoms with Gasteiger partial charge in [0.2, 0.25) is 0 Å². The van der Waals surface area contributed by atoms with Gasteiger partial charge in [-0.1, -0.05) is 121 Å². The van der Waals surface area contributed by atoms with E-state index in [1.165, 1.54) is 0 Å². The van der Waals surface area contributed by atoms with Crippen LogP contribution in [0, 0.1) is 0 Å². The van der Waals surface area contributed by atoms with Gasteiger partial charge < -0.3 is 29.2 Å². The second-order valence-electron chi connectivity index (χ2n) is 9.66. The maximum Gasteiger partial charge on any atom is 0.115 e. The molecule has 0 fully saturated rings. The Labute approximate surface area is 236 Å². The Bertz CT molecular complexity index is 1090. The van der Waals surface area contributed by atoms with E-state index < -0.39 is 24.4 Å². The Morgan fingerprint density at radius 2 is 0.675 bits per heavy atom. The van der Waals surface area contributed by atoms with Crippen LogP contribution in [-0.4, -0.2) is 47.8 Å². The molecule has 4 aromatic rings. The Hall–Kier alpha value is -3.36. The van der Waals surface area contributed by atoms with E-state index in [9.17, 15) is 10.2 Å². The largest absolute Gasteiger partial charge is 0.388 e. The summed E-state index contributed by atoms with van der Waals surface area (Å²) in [6, 6.07) is 39.0. The molecule has 2 N–H and O–H groups in total. The summed E-state index contributed by atoms with van der Waals surface area (Å²) >= 11 is 0. The van der Waals surface area contributed by atoms with Crippen molar-refractivity contribution in [2.45, 2.75) is 50.8 Å². The van der Waals surface area contributed by atoms with Gasteiger partial charge in [0, 0.05) is 0 Å². The fourth-order valence-corrected chi connectivity index (χ4v) is 4.32. The summed E-state index contributed by atoms with van der Waals surface area (Å²) in [5.74, 6) is 0. The molecule has 0 saturated carbocycles. The van der Waals surface area contributed by atoms with Crippen molar-refractivity contribution in [3.63, 3.8) is 0 Å². The summed E-state index contributed by atoms with van der Waals surface area (Å²) < 4.78 is 24.2. The van der Waals surface area contributed by atoms with Gasteiger partial charge in [-0.2, -0.15) is 0 Å². The molecule has 6 nitrogen and oxygen atoms in total. The van der Waals surface area contributed by atoms with Crippen LogP contribution in [-0.2, 0) is 45.4 Å². The molecule has 0 aliphatic rings. The van der Waals surface area contributed by atoms with Crippen LogP contribution in [0.3, 0.4) is 0 Å². The summed E-state index contributed by atoms with van der Waals surface area (Å²) in [5.41, 5.74) is 3.90. The SMILES string of the molecule is O[C@@H](COCc1ccccc1)[C@@H](OCc1ccccc1)[C@H](OCc1ccccc1)[C@@H](O)COCc1ccccc1. The predicted molar refractivity (Wildman–Crippen MR) is 154 cm³/mol.